The van der Waals surface area contributed by atoms with Crippen molar-refractivity contribution in [1.29, 1.82) is 0 Å². The van der Waals surface area contributed by atoms with E-state index in [2.05, 4.69) is 9.97 Å². The molecule has 0 aliphatic rings. The van der Waals surface area contributed by atoms with Crippen LogP contribution in [0.4, 0.5) is 10.1 Å². The summed E-state index contributed by atoms with van der Waals surface area (Å²) < 4.78 is 12.9. The number of nitrogens with zero attached hydrogens (tertiary/aromatic N) is 2. The molecule has 0 radical (unpaired) electrons. The van der Waals surface area contributed by atoms with Gasteiger partial charge in [0, 0.05) is 18.3 Å². The molecule has 1 aromatic heterocycles. The van der Waals surface area contributed by atoms with Crippen LogP contribution >= 0.6 is 0 Å². The van der Waals surface area contributed by atoms with Gasteiger partial charge in [-0.2, -0.15) is 0 Å². The van der Waals surface area contributed by atoms with Crippen molar-refractivity contribution in [2.45, 2.75) is 13.5 Å². The topological polar surface area (TPSA) is 49.0 Å². The first-order valence-electron chi connectivity index (χ1n) is 5.73. The molecule has 0 aliphatic carbocycles. The van der Waals surface area contributed by atoms with Crippen molar-refractivity contribution >= 4 is 5.69 Å². The molecule has 2 aromatic rings. The summed E-state index contributed by atoms with van der Waals surface area (Å²) in [5.41, 5.74) is 1.42. The normalized spacial score (nSPS) is 10.3. The summed E-state index contributed by atoms with van der Waals surface area (Å²) in [5.74, 6) is -0.260. The molecule has 1 heterocycles. The number of benzene rings is 1. The fraction of sp³-hybridized carbons (Fsp3) is 0.231. The lowest BCUT2D eigenvalue weighted by Crippen LogP contribution is -2.23. The quantitative estimate of drug-likeness (QED) is 0.898. The minimum atomic E-state index is -0.260. The van der Waals surface area contributed by atoms with Crippen molar-refractivity contribution in [1.82, 2.24) is 9.97 Å². The predicted molar refractivity (Wildman–Crippen MR) is 68.0 cm³/mol. The average Bonchev–Trinajstić information content (AvgIpc) is 2.37. The van der Waals surface area contributed by atoms with E-state index in [-0.39, 0.29) is 11.4 Å². The van der Waals surface area contributed by atoms with Gasteiger partial charge in [-0.1, -0.05) is 0 Å². The molecule has 5 heteroatoms. The van der Waals surface area contributed by atoms with Gasteiger partial charge in [0.1, 0.15) is 5.82 Å². The second-order valence-corrected chi connectivity index (χ2v) is 3.89. The molecule has 0 saturated heterocycles. The molecule has 18 heavy (non-hydrogen) atoms. The first kappa shape index (κ1) is 12.3. The molecule has 0 bridgehead atoms. The SMILES string of the molecule is CCN(Cc1cc(=O)[nH]cn1)c1ccc(F)cc1. The fourth-order valence-corrected chi connectivity index (χ4v) is 1.73. The summed E-state index contributed by atoms with van der Waals surface area (Å²) in [4.78, 5) is 19.8. The lowest BCUT2D eigenvalue weighted by atomic mass is 10.2. The maximum atomic E-state index is 12.9. The van der Waals surface area contributed by atoms with Gasteiger partial charge in [-0.25, -0.2) is 9.37 Å². The Balaban J connectivity index is 2.19. The zero-order valence-corrected chi connectivity index (χ0v) is 10.1. The Bertz CT molecular complexity index is 565. The Morgan fingerprint density at radius 2 is 2.06 bits per heavy atom. The number of halogens is 1. The monoisotopic (exact) mass is 247 g/mol. The Morgan fingerprint density at radius 3 is 2.67 bits per heavy atom. The highest BCUT2D eigenvalue weighted by molar-refractivity contribution is 5.46. The van der Waals surface area contributed by atoms with Gasteiger partial charge in [-0.15, -0.1) is 0 Å². The third-order valence-electron chi connectivity index (χ3n) is 2.66. The van der Waals surface area contributed by atoms with Crippen LogP contribution in [0, 0.1) is 5.82 Å². The highest BCUT2D eigenvalue weighted by Crippen LogP contribution is 2.16. The molecular weight excluding hydrogens is 233 g/mol. The van der Waals surface area contributed by atoms with Crippen molar-refractivity contribution in [2.75, 3.05) is 11.4 Å². The highest BCUT2D eigenvalue weighted by Gasteiger charge is 2.06. The smallest absolute Gasteiger partial charge is 0.250 e. The average molecular weight is 247 g/mol. The molecule has 0 atom stereocenters. The minimum Gasteiger partial charge on any atom is -0.366 e. The van der Waals surface area contributed by atoms with Gasteiger partial charge in [0.15, 0.2) is 0 Å². The predicted octanol–water partition coefficient (Wildman–Crippen LogP) is 1.94. The Labute approximate surface area is 104 Å². The van der Waals surface area contributed by atoms with E-state index in [1.54, 1.807) is 12.1 Å². The van der Waals surface area contributed by atoms with Crippen LogP contribution in [0.15, 0.2) is 41.5 Å². The summed E-state index contributed by atoms with van der Waals surface area (Å²) >= 11 is 0. The first-order valence-corrected chi connectivity index (χ1v) is 5.73. The van der Waals surface area contributed by atoms with Crippen LogP contribution in [-0.4, -0.2) is 16.5 Å². The summed E-state index contributed by atoms with van der Waals surface area (Å²) in [5, 5.41) is 0. The highest BCUT2D eigenvalue weighted by atomic mass is 19.1. The van der Waals surface area contributed by atoms with E-state index in [1.165, 1.54) is 24.5 Å². The number of hydrogen-bond acceptors (Lipinski definition) is 3. The van der Waals surface area contributed by atoms with Crippen molar-refractivity contribution in [3.8, 4) is 0 Å². The van der Waals surface area contributed by atoms with Crippen LogP contribution in [0.5, 0.6) is 0 Å². The van der Waals surface area contributed by atoms with E-state index in [1.807, 2.05) is 11.8 Å². The number of nitrogens with one attached hydrogen (secondary N) is 1. The maximum absolute atomic E-state index is 12.9. The third kappa shape index (κ3) is 2.94. The molecule has 1 N–H and O–H groups in total. The second kappa shape index (κ2) is 5.44. The molecule has 0 unspecified atom stereocenters. The van der Waals surface area contributed by atoms with Gasteiger partial charge >= 0.3 is 0 Å². The molecule has 2 rings (SSSR count). The zero-order chi connectivity index (χ0) is 13.0. The van der Waals surface area contributed by atoms with Crippen molar-refractivity contribution in [3.05, 3.63) is 58.5 Å². The van der Waals surface area contributed by atoms with Gasteiger partial charge in [0.25, 0.3) is 5.56 Å². The number of rotatable bonds is 4. The number of anilines is 1. The largest absolute Gasteiger partial charge is 0.366 e. The molecule has 94 valence electrons. The number of aromatic nitrogens is 2. The van der Waals surface area contributed by atoms with Crippen LogP contribution < -0.4 is 10.5 Å². The van der Waals surface area contributed by atoms with E-state index >= 15 is 0 Å². The number of H-pyrrole nitrogens is 1. The lowest BCUT2D eigenvalue weighted by molar-refractivity contribution is 0.627. The van der Waals surface area contributed by atoms with Crippen LogP contribution in [-0.2, 0) is 6.54 Å². The van der Waals surface area contributed by atoms with Crippen molar-refractivity contribution in [3.63, 3.8) is 0 Å². The lowest BCUT2D eigenvalue weighted by Gasteiger charge is -2.22. The molecule has 1 aromatic carbocycles. The standard InChI is InChI=1S/C13H14FN3O/c1-2-17(12-5-3-10(14)4-6-12)8-11-7-13(18)16-9-15-11/h3-7,9H,2,8H2,1H3,(H,15,16,18). The molecule has 0 amide bonds. The van der Waals surface area contributed by atoms with Gasteiger partial charge in [0.2, 0.25) is 0 Å². The van der Waals surface area contributed by atoms with Crippen LogP contribution in [0.25, 0.3) is 0 Å². The maximum Gasteiger partial charge on any atom is 0.250 e. The second-order valence-electron chi connectivity index (χ2n) is 3.89. The van der Waals surface area contributed by atoms with Crippen LogP contribution in [0.2, 0.25) is 0 Å². The van der Waals surface area contributed by atoms with Gasteiger partial charge in [0.05, 0.1) is 18.6 Å². The van der Waals surface area contributed by atoms with Gasteiger partial charge < -0.3 is 9.88 Å². The summed E-state index contributed by atoms with van der Waals surface area (Å²) in [6.45, 7) is 3.27. The van der Waals surface area contributed by atoms with Crippen LogP contribution in [0.1, 0.15) is 12.6 Å². The zero-order valence-electron chi connectivity index (χ0n) is 10.1. The Hall–Kier alpha value is -2.17. The fourth-order valence-electron chi connectivity index (χ4n) is 1.73. The molecule has 0 saturated carbocycles. The van der Waals surface area contributed by atoms with Crippen molar-refractivity contribution < 1.29 is 4.39 Å². The third-order valence-corrected chi connectivity index (χ3v) is 2.66. The van der Waals surface area contributed by atoms with E-state index in [4.69, 9.17) is 0 Å². The molecule has 0 aliphatic heterocycles. The van der Waals surface area contributed by atoms with Gasteiger partial charge in [-0.05, 0) is 31.2 Å². The molecular formula is C13H14FN3O. The number of aromatic amines is 1. The van der Waals surface area contributed by atoms with E-state index in [0.29, 0.717) is 12.2 Å². The summed E-state index contributed by atoms with van der Waals surface area (Å²) in [6, 6.07) is 7.73. The molecule has 0 spiro atoms. The summed E-state index contributed by atoms with van der Waals surface area (Å²) in [6.07, 6.45) is 1.39. The Morgan fingerprint density at radius 1 is 1.33 bits per heavy atom. The minimum absolute atomic E-state index is 0.171. The molecule has 0 fully saturated rings. The summed E-state index contributed by atoms with van der Waals surface area (Å²) in [7, 11) is 0. The molecule has 4 nitrogen and oxygen atoms in total. The number of hydrogen-bond donors (Lipinski definition) is 1. The van der Waals surface area contributed by atoms with Crippen molar-refractivity contribution in [2.24, 2.45) is 0 Å². The van der Waals surface area contributed by atoms with E-state index in [0.717, 1.165) is 12.2 Å². The Kier molecular flexibility index (Phi) is 3.72. The van der Waals surface area contributed by atoms with Gasteiger partial charge in [-0.3, -0.25) is 4.79 Å². The first-order chi connectivity index (χ1) is 8.69. The van der Waals surface area contributed by atoms with E-state index < -0.39 is 0 Å². The van der Waals surface area contributed by atoms with E-state index in [9.17, 15) is 9.18 Å². The van der Waals surface area contributed by atoms with Crippen LogP contribution in [0.3, 0.4) is 0 Å².